The van der Waals surface area contributed by atoms with Crippen molar-refractivity contribution in [2.24, 2.45) is 0 Å². The lowest BCUT2D eigenvalue weighted by Gasteiger charge is -2.30. The molecule has 1 aliphatic rings. The Kier molecular flexibility index (Phi) is 9.35. The molecular weight excluding hydrogens is 785 g/mol. The molecule has 0 unspecified atom stereocenters. The van der Waals surface area contributed by atoms with E-state index < -0.39 is 0 Å². The summed E-state index contributed by atoms with van der Waals surface area (Å²) in [5.41, 5.74) is 14.8. The Morgan fingerprint density at radius 3 is 1.29 bits per heavy atom. The third-order valence-electron chi connectivity index (χ3n) is 14.1. The van der Waals surface area contributed by atoms with Crippen LogP contribution < -0.4 is 9.80 Å². The summed E-state index contributed by atoms with van der Waals surface area (Å²) in [7, 11) is 0. The SMILES string of the molecule is CC(C)(C)c1ccc(N(c2ccc3ccccc3c2)c2ccc3cc4c(cc3c2)C(C)(C)c2cc(N(c3ccc(C(C)(C)C)cc3)c3ccc5ccccc5c3)c3ccccc3c2-4)cc1. The normalized spacial score (nSPS) is 13.4. The molecule has 0 heterocycles. The van der Waals surface area contributed by atoms with Gasteiger partial charge in [0.15, 0.2) is 0 Å². The number of anilines is 6. The van der Waals surface area contributed by atoms with Gasteiger partial charge in [-0.15, -0.1) is 0 Å². The van der Waals surface area contributed by atoms with Gasteiger partial charge in [-0.05, 0) is 161 Å². The first-order chi connectivity index (χ1) is 31.2. The molecule has 0 N–H and O–H groups in total. The lowest BCUT2D eigenvalue weighted by molar-refractivity contribution is 0.590. The zero-order valence-corrected chi connectivity index (χ0v) is 38.9. The summed E-state index contributed by atoms with van der Waals surface area (Å²) in [6, 6.07) is 72.9. The lowest BCUT2D eigenvalue weighted by atomic mass is 9.81. The van der Waals surface area contributed by atoms with Crippen LogP contribution in [0.5, 0.6) is 0 Å². The fraction of sp³-hybridized carbons (Fsp3) is 0.175. The second kappa shape index (κ2) is 15.0. The van der Waals surface area contributed by atoms with Crippen molar-refractivity contribution in [3.05, 3.63) is 216 Å². The summed E-state index contributed by atoms with van der Waals surface area (Å²) in [5.74, 6) is 0. The monoisotopic (exact) mass is 840 g/mol. The minimum absolute atomic E-state index is 0.0547. The molecule has 0 atom stereocenters. The summed E-state index contributed by atoms with van der Waals surface area (Å²) in [6.07, 6.45) is 0. The van der Waals surface area contributed by atoms with Crippen molar-refractivity contribution >= 4 is 77.2 Å². The van der Waals surface area contributed by atoms with Crippen LogP contribution in [-0.2, 0) is 16.2 Å². The molecule has 11 rings (SSSR count). The molecule has 0 saturated carbocycles. The molecule has 2 nitrogen and oxygen atoms in total. The van der Waals surface area contributed by atoms with Gasteiger partial charge in [-0.2, -0.15) is 0 Å². The van der Waals surface area contributed by atoms with Crippen molar-refractivity contribution in [2.75, 3.05) is 9.80 Å². The Labute approximate surface area is 384 Å². The Bertz CT molecular complexity index is 3470. The van der Waals surface area contributed by atoms with Crippen molar-refractivity contribution in [1.82, 2.24) is 0 Å². The maximum absolute atomic E-state index is 2.50. The van der Waals surface area contributed by atoms with E-state index in [0.717, 1.165) is 28.4 Å². The Balaban J connectivity index is 1.08. The Morgan fingerprint density at radius 2 is 0.754 bits per heavy atom. The van der Waals surface area contributed by atoms with Crippen molar-refractivity contribution in [1.29, 1.82) is 0 Å². The molecule has 0 saturated heterocycles. The second-order valence-corrected chi connectivity index (χ2v) is 20.7. The van der Waals surface area contributed by atoms with Crippen molar-refractivity contribution in [2.45, 2.75) is 71.6 Å². The quantitative estimate of drug-likeness (QED) is 0.165. The largest absolute Gasteiger partial charge is 0.310 e. The van der Waals surface area contributed by atoms with Crippen LogP contribution in [0.2, 0.25) is 0 Å². The predicted octanol–water partition coefficient (Wildman–Crippen LogP) is 18.1. The highest BCUT2D eigenvalue weighted by Gasteiger charge is 2.38. The summed E-state index contributed by atoms with van der Waals surface area (Å²) in [6.45, 7) is 18.5. The third-order valence-corrected chi connectivity index (χ3v) is 14.1. The highest BCUT2D eigenvalue weighted by molar-refractivity contribution is 6.11. The van der Waals surface area contributed by atoms with Crippen molar-refractivity contribution in [3.8, 4) is 11.1 Å². The van der Waals surface area contributed by atoms with E-state index in [0.29, 0.717) is 0 Å². The number of fused-ring (bicyclic) bond motifs is 8. The van der Waals surface area contributed by atoms with Gasteiger partial charge in [0, 0.05) is 39.2 Å². The first-order valence-electron chi connectivity index (χ1n) is 23.2. The van der Waals surface area contributed by atoms with E-state index in [1.54, 1.807) is 0 Å². The van der Waals surface area contributed by atoms with E-state index >= 15 is 0 Å². The van der Waals surface area contributed by atoms with Gasteiger partial charge in [0.2, 0.25) is 0 Å². The maximum atomic E-state index is 2.50. The zero-order valence-electron chi connectivity index (χ0n) is 38.9. The lowest BCUT2D eigenvalue weighted by Crippen LogP contribution is -2.17. The average Bonchev–Trinajstić information content (AvgIpc) is 3.52. The summed E-state index contributed by atoms with van der Waals surface area (Å²) in [4.78, 5) is 4.90. The van der Waals surface area contributed by atoms with Crippen molar-refractivity contribution < 1.29 is 0 Å². The van der Waals surface area contributed by atoms with Gasteiger partial charge in [-0.1, -0.05) is 171 Å². The topological polar surface area (TPSA) is 6.48 Å². The summed E-state index contributed by atoms with van der Waals surface area (Å²) >= 11 is 0. The van der Waals surface area contributed by atoms with Gasteiger partial charge < -0.3 is 9.80 Å². The van der Waals surface area contributed by atoms with Crippen LogP contribution in [0.15, 0.2) is 194 Å². The number of rotatable bonds is 6. The van der Waals surface area contributed by atoms with Crippen LogP contribution in [0.25, 0.3) is 54.2 Å². The van der Waals surface area contributed by atoms with Crippen LogP contribution in [0, 0.1) is 0 Å². The van der Waals surface area contributed by atoms with Gasteiger partial charge in [-0.25, -0.2) is 0 Å². The molecule has 65 heavy (non-hydrogen) atoms. The number of hydrogen-bond donors (Lipinski definition) is 0. The van der Waals surface area contributed by atoms with Gasteiger partial charge in [-0.3, -0.25) is 0 Å². The average molecular weight is 841 g/mol. The molecule has 0 fully saturated rings. The minimum Gasteiger partial charge on any atom is -0.310 e. The molecular formula is C63H56N2. The minimum atomic E-state index is -0.264. The molecule has 0 amide bonds. The standard InChI is InChI=1S/C63H56N2/c1-61(2,3)47-24-31-49(32-25-47)64(51-28-21-41-15-9-11-17-43(41)35-51)52-30-23-45-38-56-57(39-46(45)37-52)63(7,8)58-40-59(54-19-13-14-20-55(54)60(56)58)65(50-33-26-48(27-34-50)62(4,5)6)53-29-22-42-16-10-12-18-44(42)36-53/h9-40H,1-8H3. The fourth-order valence-electron chi connectivity index (χ4n) is 10.3. The number of benzene rings is 10. The molecule has 318 valence electrons. The Hall–Kier alpha value is -7.16. The number of nitrogens with zero attached hydrogens (tertiary/aromatic N) is 2. The zero-order chi connectivity index (χ0) is 44.8. The molecule has 2 heteroatoms. The van der Waals surface area contributed by atoms with E-state index in [9.17, 15) is 0 Å². The molecule has 0 radical (unpaired) electrons. The van der Waals surface area contributed by atoms with Crippen LogP contribution in [0.1, 0.15) is 77.6 Å². The highest BCUT2D eigenvalue weighted by Crippen LogP contribution is 2.56. The third kappa shape index (κ3) is 6.95. The van der Waals surface area contributed by atoms with E-state index in [1.165, 1.54) is 82.2 Å². The first-order valence-corrected chi connectivity index (χ1v) is 23.2. The van der Waals surface area contributed by atoms with E-state index in [2.05, 4.69) is 259 Å². The molecule has 0 bridgehead atoms. The van der Waals surface area contributed by atoms with Gasteiger partial charge >= 0.3 is 0 Å². The van der Waals surface area contributed by atoms with Gasteiger partial charge in [0.25, 0.3) is 0 Å². The van der Waals surface area contributed by atoms with Gasteiger partial charge in [0.05, 0.1) is 5.69 Å². The van der Waals surface area contributed by atoms with E-state index in [-0.39, 0.29) is 16.2 Å². The van der Waals surface area contributed by atoms with E-state index in [4.69, 9.17) is 0 Å². The smallest absolute Gasteiger partial charge is 0.0543 e. The predicted molar refractivity (Wildman–Crippen MR) is 281 cm³/mol. The molecule has 0 aromatic heterocycles. The molecule has 10 aromatic rings. The molecule has 0 spiro atoms. The van der Waals surface area contributed by atoms with Crippen molar-refractivity contribution in [3.63, 3.8) is 0 Å². The van der Waals surface area contributed by atoms with Crippen LogP contribution in [0.3, 0.4) is 0 Å². The summed E-state index contributed by atoms with van der Waals surface area (Å²) in [5, 5.41) is 9.93. The van der Waals surface area contributed by atoms with Crippen LogP contribution in [-0.4, -0.2) is 0 Å². The first kappa shape index (κ1) is 40.6. The second-order valence-electron chi connectivity index (χ2n) is 20.7. The van der Waals surface area contributed by atoms with Gasteiger partial charge in [0.1, 0.15) is 0 Å². The van der Waals surface area contributed by atoms with Crippen LogP contribution >= 0.6 is 0 Å². The molecule has 0 aliphatic heterocycles. The molecule has 1 aliphatic carbocycles. The fourth-order valence-corrected chi connectivity index (χ4v) is 10.3. The van der Waals surface area contributed by atoms with Crippen LogP contribution in [0.4, 0.5) is 34.1 Å². The Morgan fingerprint density at radius 1 is 0.338 bits per heavy atom. The van der Waals surface area contributed by atoms with E-state index in [1.807, 2.05) is 0 Å². The number of hydrogen-bond acceptors (Lipinski definition) is 2. The maximum Gasteiger partial charge on any atom is 0.0543 e. The highest BCUT2D eigenvalue weighted by atomic mass is 15.1. The summed E-state index contributed by atoms with van der Waals surface area (Å²) < 4.78 is 0. The molecule has 10 aromatic carbocycles.